The molecule has 0 bridgehead atoms. The maximum absolute atomic E-state index is 8.32. The van der Waals surface area contributed by atoms with Crippen molar-refractivity contribution in [3.05, 3.63) is 0 Å². The molecule has 7 heavy (non-hydrogen) atoms. The first kappa shape index (κ1) is 6.48. The van der Waals surface area contributed by atoms with Gasteiger partial charge in [0.1, 0.15) is 0 Å². The van der Waals surface area contributed by atoms with E-state index in [-0.39, 0.29) is 12.6 Å². The first-order valence-corrected chi connectivity index (χ1v) is 2.09. The maximum atomic E-state index is 8.32. The third-order valence-corrected chi connectivity index (χ3v) is 0.732. The number of rotatable bonds is 2. The standard InChI is InChI=1S/C5H9NO/c1-3-5(4-7)6-2/h1,5-7H,4H2,2H3. The Morgan fingerprint density at radius 2 is 2.57 bits per heavy atom. The second-order valence-electron chi connectivity index (χ2n) is 1.19. The molecule has 0 saturated heterocycles. The molecule has 2 nitrogen and oxygen atoms in total. The Morgan fingerprint density at radius 1 is 2.00 bits per heavy atom. The van der Waals surface area contributed by atoms with E-state index in [4.69, 9.17) is 11.5 Å². The number of terminal acetylenes is 1. The van der Waals surface area contributed by atoms with Gasteiger partial charge in [0.2, 0.25) is 0 Å². The smallest absolute Gasteiger partial charge is 0.0918 e. The van der Waals surface area contributed by atoms with Crippen LogP contribution in [0.25, 0.3) is 0 Å². The van der Waals surface area contributed by atoms with Gasteiger partial charge in [-0.2, -0.15) is 0 Å². The van der Waals surface area contributed by atoms with E-state index in [2.05, 4.69) is 11.2 Å². The summed E-state index contributed by atoms with van der Waals surface area (Å²) in [4.78, 5) is 0. The molecule has 0 radical (unpaired) electrons. The molecule has 0 saturated carbocycles. The van der Waals surface area contributed by atoms with Crippen molar-refractivity contribution in [2.75, 3.05) is 13.7 Å². The number of hydrogen-bond donors (Lipinski definition) is 2. The number of aliphatic hydroxyl groups is 1. The summed E-state index contributed by atoms with van der Waals surface area (Å²) in [6.07, 6.45) is 4.92. The van der Waals surface area contributed by atoms with Crippen molar-refractivity contribution in [2.24, 2.45) is 0 Å². The summed E-state index contributed by atoms with van der Waals surface area (Å²) in [5, 5.41) is 11.0. The van der Waals surface area contributed by atoms with Crippen molar-refractivity contribution in [3.8, 4) is 12.3 Å². The minimum Gasteiger partial charge on any atom is -0.394 e. The molecule has 2 heteroatoms. The van der Waals surface area contributed by atoms with Gasteiger partial charge in [-0.15, -0.1) is 6.42 Å². The summed E-state index contributed by atoms with van der Waals surface area (Å²) >= 11 is 0. The zero-order valence-electron chi connectivity index (χ0n) is 4.31. The van der Waals surface area contributed by atoms with Gasteiger partial charge in [0.15, 0.2) is 0 Å². The van der Waals surface area contributed by atoms with E-state index in [1.54, 1.807) is 7.05 Å². The van der Waals surface area contributed by atoms with E-state index in [9.17, 15) is 0 Å². The van der Waals surface area contributed by atoms with Crippen molar-refractivity contribution in [1.82, 2.24) is 5.32 Å². The third kappa shape index (κ3) is 2.21. The minimum atomic E-state index is -0.181. The van der Waals surface area contributed by atoms with Crippen molar-refractivity contribution in [1.29, 1.82) is 0 Å². The summed E-state index contributed by atoms with van der Waals surface area (Å²) in [5.74, 6) is 2.34. The summed E-state index contributed by atoms with van der Waals surface area (Å²) < 4.78 is 0. The van der Waals surface area contributed by atoms with Gasteiger partial charge < -0.3 is 10.4 Å². The van der Waals surface area contributed by atoms with Gasteiger partial charge in [-0.1, -0.05) is 5.92 Å². The normalized spacial score (nSPS) is 12.7. The second kappa shape index (κ2) is 3.66. The van der Waals surface area contributed by atoms with Crippen molar-refractivity contribution >= 4 is 0 Å². The molecule has 0 aliphatic heterocycles. The highest BCUT2D eigenvalue weighted by atomic mass is 16.3. The molecule has 0 heterocycles. The third-order valence-electron chi connectivity index (χ3n) is 0.732. The lowest BCUT2D eigenvalue weighted by atomic mass is 10.3. The number of aliphatic hydroxyl groups excluding tert-OH is 1. The topological polar surface area (TPSA) is 32.3 Å². The zero-order valence-corrected chi connectivity index (χ0v) is 4.31. The van der Waals surface area contributed by atoms with E-state index >= 15 is 0 Å². The van der Waals surface area contributed by atoms with E-state index in [1.165, 1.54) is 0 Å². The molecule has 0 aliphatic carbocycles. The number of likely N-dealkylation sites (N-methyl/N-ethyl adjacent to an activating group) is 1. The first-order chi connectivity index (χ1) is 3.35. The van der Waals surface area contributed by atoms with Crippen LogP contribution in [0.15, 0.2) is 0 Å². The quantitative estimate of drug-likeness (QED) is 0.444. The van der Waals surface area contributed by atoms with Crippen LogP contribution in [0.3, 0.4) is 0 Å². The van der Waals surface area contributed by atoms with Gasteiger partial charge in [-0.25, -0.2) is 0 Å². The van der Waals surface area contributed by atoms with E-state index in [1.807, 2.05) is 0 Å². The average Bonchev–Trinajstić information content (AvgIpc) is 1.72. The van der Waals surface area contributed by atoms with Gasteiger partial charge in [0, 0.05) is 0 Å². The van der Waals surface area contributed by atoms with Crippen molar-refractivity contribution in [2.45, 2.75) is 6.04 Å². The highest BCUT2D eigenvalue weighted by Gasteiger charge is 1.92. The monoisotopic (exact) mass is 99.1 g/mol. The van der Waals surface area contributed by atoms with Crippen LogP contribution in [0.1, 0.15) is 0 Å². The molecule has 2 N–H and O–H groups in total. The summed E-state index contributed by atoms with van der Waals surface area (Å²) in [5.41, 5.74) is 0. The fraction of sp³-hybridized carbons (Fsp3) is 0.600. The SMILES string of the molecule is C#CC(CO)NC. The molecule has 0 spiro atoms. The molecule has 0 aromatic heterocycles. The van der Waals surface area contributed by atoms with E-state index in [0.717, 1.165) is 0 Å². The fourth-order valence-corrected chi connectivity index (χ4v) is 0.227. The molecule has 0 aromatic carbocycles. The minimum absolute atomic E-state index is 0.00694. The Morgan fingerprint density at radius 3 is 2.57 bits per heavy atom. The Hall–Kier alpha value is -0.520. The summed E-state index contributed by atoms with van der Waals surface area (Å²) in [6, 6.07) is -0.181. The van der Waals surface area contributed by atoms with Gasteiger partial charge in [0.25, 0.3) is 0 Å². The molecular weight excluding hydrogens is 90.1 g/mol. The van der Waals surface area contributed by atoms with Crippen LogP contribution in [0.4, 0.5) is 0 Å². The van der Waals surface area contributed by atoms with Crippen molar-refractivity contribution < 1.29 is 5.11 Å². The number of hydrogen-bond acceptors (Lipinski definition) is 2. The van der Waals surface area contributed by atoms with Crippen LogP contribution in [0, 0.1) is 12.3 Å². The van der Waals surface area contributed by atoms with Crippen LogP contribution in [-0.4, -0.2) is 24.8 Å². The summed E-state index contributed by atoms with van der Waals surface area (Å²) in [6.45, 7) is 0.00694. The van der Waals surface area contributed by atoms with Gasteiger partial charge >= 0.3 is 0 Å². The predicted octanol–water partition coefficient (Wildman–Crippen LogP) is -0.800. The fourth-order valence-electron chi connectivity index (χ4n) is 0.227. The number of nitrogens with one attached hydrogen (secondary N) is 1. The molecule has 1 unspecified atom stereocenters. The van der Waals surface area contributed by atoms with Crippen LogP contribution in [0.5, 0.6) is 0 Å². The highest BCUT2D eigenvalue weighted by Crippen LogP contribution is 1.70. The van der Waals surface area contributed by atoms with Gasteiger partial charge in [-0.05, 0) is 7.05 Å². The molecule has 0 aromatic rings. The maximum Gasteiger partial charge on any atom is 0.0918 e. The van der Waals surface area contributed by atoms with Crippen LogP contribution in [0.2, 0.25) is 0 Å². The molecule has 40 valence electrons. The average molecular weight is 99.1 g/mol. The highest BCUT2D eigenvalue weighted by molar-refractivity contribution is 4.97. The lowest BCUT2D eigenvalue weighted by Gasteiger charge is -2.00. The summed E-state index contributed by atoms with van der Waals surface area (Å²) in [7, 11) is 1.71. The Kier molecular flexibility index (Phi) is 3.39. The molecule has 1 atom stereocenters. The van der Waals surface area contributed by atoms with E-state index < -0.39 is 0 Å². The van der Waals surface area contributed by atoms with Gasteiger partial charge in [0.05, 0.1) is 12.6 Å². The van der Waals surface area contributed by atoms with Crippen LogP contribution < -0.4 is 5.32 Å². The lowest BCUT2D eigenvalue weighted by Crippen LogP contribution is -2.26. The van der Waals surface area contributed by atoms with Crippen LogP contribution >= 0.6 is 0 Å². The predicted molar refractivity (Wildman–Crippen MR) is 28.8 cm³/mol. The van der Waals surface area contributed by atoms with Gasteiger partial charge in [-0.3, -0.25) is 0 Å². The Bertz CT molecular complexity index is 70.6. The second-order valence-corrected chi connectivity index (χ2v) is 1.19. The first-order valence-electron chi connectivity index (χ1n) is 2.09. The molecule has 0 rings (SSSR count). The van der Waals surface area contributed by atoms with E-state index in [0.29, 0.717) is 0 Å². The molecule has 0 fully saturated rings. The largest absolute Gasteiger partial charge is 0.394 e. The van der Waals surface area contributed by atoms with Crippen molar-refractivity contribution in [3.63, 3.8) is 0 Å². The zero-order chi connectivity index (χ0) is 5.70. The molecule has 0 amide bonds. The Labute approximate surface area is 43.5 Å². The molecular formula is C5H9NO. The lowest BCUT2D eigenvalue weighted by molar-refractivity contribution is 0.274. The molecule has 0 aliphatic rings. The van der Waals surface area contributed by atoms with Crippen LogP contribution in [-0.2, 0) is 0 Å². The Balaban J connectivity index is 3.23.